The van der Waals surface area contributed by atoms with Gasteiger partial charge >= 0.3 is 0 Å². The maximum atomic E-state index is 4.92. The number of thioether (sulfide) groups is 1. The lowest BCUT2D eigenvalue weighted by atomic mass is 9.90. The Morgan fingerprint density at radius 2 is 2.33 bits per heavy atom. The van der Waals surface area contributed by atoms with Crippen molar-refractivity contribution in [3.8, 4) is 0 Å². The first kappa shape index (κ1) is 14.4. The zero-order valence-electron chi connectivity index (χ0n) is 11.8. The van der Waals surface area contributed by atoms with E-state index in [0.717, 1.165) is 6.54 Å². The number of hydrogen-bond acceptors (Lipinski definition) is 4. The van der Waals surface area contributed by atoms with Crippen molar-refractivity contribution in [2.45, 2.75) is 57.2 Å². The van der Waals surface area contributed by atoms with Crippen LogP contribution in [0.3, 0.4) is 0 Å². The summed E-state index contributed by atoms with van der Waals surface area (Å²) < 4.78 is 0. The average molecular weight is 284 g/mol. The molecule has 0 amide bonds. The summed E-state index contributed by atoms with van der Waals surface area (Å²) in [6.45, 7) is 10.0. The first-order valence-electron chi connectivity index (χ1n) is 6.92. The number of hydrogen-bond donors (Lipinski definition) is 1. The number of aromatic nitrogens is 1. The fourth-order valence-electron chi connectivity index (χ4n) is 2.62. The summed E-state index contributed by atoms with van der Waals surface area (Å²) in [6, 6.07) is 0. The van der Waals surface area contributed by atoms with Crippen molar-refractivity contribution in [3.05, 3.63) is 16.1 Å². The van der Waals surface area contributed by atoms with Crippen molar-refractivity contribution in [3.63, 3.8) is 0 Å². The third-order valence-electron chi connectivity index (χ3n) is 3.76. The van der Waals surface area contributed by atoms with E-state index in [-0.39, 0.29) is 5.54 Å². The van der Waals surface area contributed by atoms with Crippen LogP contribution in [-0.4, -0.2) is 22.5 Å². The molecule has 2 heterocycles. The van der Waals surface area contributed by atoms with E-state index < -0.39 is 0 Å². The van der Waals surface area contributed by atoms with Gasteiger partial charge < -0.3 is 5.32 Å². The molecular weight excluding hydrogens is 260 g/mol. The molecule has 0 spiro atoms. The Bertz CT molecular complexity index is 385. The molecule has 0 aromatic carbocycles. The Balaban J connectivity index is 2.32. The topological polar surface area (TPSA) is 24.9 Å². The van der Waals surface area contributed by atoms with E-state index in [0.29, 0.717) is 11.2 Å². The van der Waals surface area contributed by atoms with Crippen molar-refractivity contribution < 1.29 is 0 Å². The standard InChI is InChI=1S/C14H24N2S2/c1-5-15-14(7-6-8-17-11(14)4)13-16-12(9-18-13)10(2)3/h9-11,15H,5-8H2,1-4H3. The van der Waals surface area contributed by atoms with E-state index >= 15 is 0 Å². The molecule has 1 N–H and O–H groups in total. The minimum absolute atomic E-state index is 0.107. The fourth-order valence-corrected chi connectivity index (χ4v) is 5.23. The lowest BCUT2D eigenvalue weighted by molar-refractivity contribution is 0.300. The van der Waals surface area contributed by atoms with Crippen molar-refractivity contribution in [1.82, 2.24) is 10.3 Å². The summed E-state index contributed by atoms with van der Waals surface area (Å²) in [5.41, 5.74) is 1.35. The lowest BCUT2D eigenvalue weighted by Crippen LogP contribution is -2.51. The normalized spacial score (nSPS) is 28.8. The van der Waals surface area contributed by atoms with Crippen LogP contribution < -0.4 is 5.32 Å². The molecule has 2 rings (SSSR count). The highest BCUT2D eigenvalue weighted by atomic mass is 32.2. The smallest absolute Gasteiger partial charge is 0.114 e. The molecule has 2 nitrogen and oxygen atoms in total. The molecule has 0 saturated carbocycles. The van der Waals surface area contributed by atoms with Gasteiger partial charge in [-0.25, -0.2) is 4.98 Å². The minimum atomic E-state index is 0.107. The fraction of sp³-hybridized carbons (Fsp3) is 0.786. The predicted molar refractivity (Wildman–Crippen MR) is 82.7 cm³/mol. The van der Waals surface area contributed by atoms with Crippen LogP contribution in [0.2, 0.25) is 0 Å². The Morgan fingerprint density at radius 3 is 2.89 bits per heavy atom. The Kier molecular flexibility index (Phi) is 4.73. The molecule has 2 unspecified atom stereocenters. The van der Waals surface area contributed by atoms with Crippen LogP contribution in [0.4, 0.5) is 0 Å². The van der Waals surface area contributed by atoms with Gasteiger partial charge in [-0.1, -0.05) is 27.7 Å². The molecule has 0 radical (unpaired) electrons. The predicted octanol–water partition coefficient (Wildman–Crippen LogP) is 3.99. The maximum absolute atomic E-state index is 4.92. The number of thiazole rings is 1. The van der Waals surface area contributed by atoms with Crippen LogP contribution in [-0.2, 0) is 5.54 Å². The van der Waals surface area contributed by atoms with Gasteiger partial charge in [0.25, 0.3) is 0 Å². The van der Waals surface area contributed by atoms with E-state index in [1.54, 1.807) is 0 Å². The van der Waals surface area contributed by atoms with E-state index in [9.17, 15) is 0 Å². The SMILES string of the molecule is CCNC1(c2nc(C(C)C)cs2)CCCSC1C. The summed E-state index contributed by atoms with van der Waals surface area (Å²) in [6.07, 6.45) is 2.51. The van der Waals surface area contributed by atoms with Gasteiger partial charge in [-0.2, -0.15) is 11.8 Å². The molecule has 1 saturated heterocycles. The summed E-state index contributed by atoms with van der Waals surface area (Å²) >= 11 is 3.92. The first-order valence-corrected chi connectivity index (χ1v) is 8.85. The molecule has 2 atom stereocenters. The van der Waals surface area contributed by atoms with E-state index in [1.165, 1.54) is 29.3 Å². The summed E-state index contributed by atoms with van der Waals surface area (Å²) in [4.78, 5) is 4.92. The Labute approximate surface area is 119 Å². The van der Waals surface area contributed by atoms with Crippen molar-refractivity contribution in [2.75, 3.05) is 12.3 Å². The second-order valence-corrected chi connectivity index (χ2v) is 7.66. The molecule has 1 aliphatic rings. The summed E-state index contributed by atoms with van der Waals surface area (Å²) in [7, 11) is 0. The maximum Gasteiger partial charge on any atom is 0.114 e. The third-order valence-corrected chi connectivity index (χ3v) is 6.23. The molecule has 1 fully saturated rings. The van der Waals surface area contributed by atoms with Crippen molar-refractivity contribution >= 4 is 23.1 Å². The number of nitrogens with zero attached hydrogens (tertiary/aromatic N) is 1. The highest BCUT2D eigenvalue weighted by Gasteiger charge is 2.42. The van der Waals surface area contributed by atoms with Crippen LogP contribution in [0.15, 0.2) is 5.38 Å². The summed E-state index contributed by atoms with van der Waals surface area (Å²) in [5, 5.41) is 7.89. The Hall–Kier alpha value is -0.0600. The lowest BCUT2D eigenvalue weighted by Gasteiger charge is -2.41. The third kappa shape index (κ3) is 2.61. The largest absolute Gasteiger partial charge is 0.305 e. The van der Waals surface area contributed by atoms with Gasteiger partial charge in [0.2, 0.25) is 0 Å². The quantitative estimate of drug-likeness (QED) is 0.905. The molecule has 18 heavy (non-hydrogen) atoms. The van der Waals surface area contributed by atoms with E-state index in [1.807, 2.05) is 11.3 Å². The molecule has 102 valence electrons. The number of nitrogens with one attached hydrogen (secondary N) is 1. The highest BCUT2D eigenvalue weighted by molar-refractivity contribution is 8.00. The highest BCUT2D eigenvalue weighted by Crippen LogP contribution is 2.42. The monoisotopic (exact) mass is 284 g/mol. The van der Waals surface area contributed by atoms with Crippen LogP contribution >= 0.6 is 23.1 Å². The second-order valence-electron chi connectivity index (χ2n) is 5.35. The van der Waals surface area contributed by atoms with Crippen LogP contribution in [0.25, 0.3) is 0 Å². The molecule has 4 heteroatoms. The van der Waals surface area contributed by atoms with Gasteiger partial charge in [0.1, 0.15) is 5.01 Å². The van der Waals surface area contributed by atoms with Crippen LogP contribution in [0, 0.1) is 0 Å². The van der Waals surface area contributed by atoms with Gasteiger partial charge in [-0.3, -0.25) is 0 Å². The minimum Gasteiger partial charge on any atom is -0.305 e. The van der Waals surface area contributed by atoms with Crippen LogP contribution in [0.1, 0.15) is 57.2 Å². The zero-order chi connectivity index (χ0) is 13.2. The number of rotatable bonds is 4. The van der Waals surface area contributed by atoms with Crippen molar-refractivity contribution in [1.29, 1.82) is 0 Å². The van der Waals surface area contributed by atoms with Crippen molar-refractivity contribution in [2.24, 2.45) is 0 Å². The molecule has 0 aliphatic carbocycles. The van der Waals surface area contributed by atoms with E-state index in [4.69, 9.17) is 4.98 Å². The average Bonchev–Trinajstić information content (AvgIpc) is 2.82. The molecule has 1 aromatic rings. The molecule has 1 aromatic heterocycles. The zero-order valence-corrected chi connectivity index (χ0v) is 13.5. The van der Waals surface area contributed by atoms with Gasteiger partial charge in [-0.05, 0) is 31.1 Å². The Morgan fingerprint density at radius 1 is 1.56 bits per heavy atom. The van der Waals surface area contributed by atoms with Crippen LogP contribution in [0.5, 0.6) is 0 Å². The van der Waals surface area contributed by atoms with E-state index in [2.05, 4.69) is 50.2 Å². The molecular formula is C14H24N2S2. The first-order chi connectivity index (χ1) is 8.60. The molecule has 1 aliphatic heterocycles. The second kappa shape index (κ2) is 5.93. The molecule has 0 bridgehead atoms. The summed E-state index contributed by atoms with van der Waals surface area (Å²) in [5.74, 6) is 1.82. The van der Waals surface area contributed by atoms with Gasteiger partial charge in [0.15, 0.2) is 0 Å². The van der Waals surface area contributed by atoms with Gasteiger partial charge in [-0.15, -0.1) is 11.3 Å². The van der Waals surface area contributed by atoms with Gasteiger partial charge in [0.05, 0.1) is 11.2 Å². The van der Waals surface area contributed by atoms with Gasteiger partial charge in [0, 0.05) is 10.6 Å².